The highest BCUT2D eigenvalue weighted by atomic mass is 127. The van der Waals surface area contributed by atoms with Crippen LogP contribution in [0.2, 0.25) is 0 Å². The summed E-state index contributed by atoms with van der Waals surface area (Å²) in [5.41, 5.74) is 0.316. The van der Waals surface area contributed by atoms with Crippen molar-refractivity contribution in [1.82, 2.24) is 25.8 Å². The van der Waals surface area contributed by atoms with Crippen molar-refractivity contribution in [2.24, 2.45) is 10.4 Å². The lowest BCUT2D eigenvalue weighted by Gasteiger charge is -2.61. The summed E-state index contributed by atoms with van der Waals surface area (Å²) < 4.78 is 11.2. The Morgan fingerprint density at radius 3 is 2.96 bits per heavy atom. The number of furan rings is 1. The van der Waals surface area contributed by atoms with Crippen molar-refractivity contribution >= 4 is 29.9 Å². The molecule has 2 aliphatic carbocycles. The molecular formula is C19H29IN6O2. The Kier molecular flexibility index (Phi) is 6.97. The maximum absolute atomic E-state index is 5.93. The Bertz CT molecular complexity index is 771. The first kappa shape index (κ1) is 21.1. The van der Waals surface area contributed by atoms with Crippen LogP contribution >= 0.6 is 24.0 Å². The zero-order chi connectivity index (χ0) is 18.7. The largest absolute Gasteiger partial charge is 0.461 e. The second kappa shape index (κ2) is 9.25. The van der Waals surface area contributed by atoms with Crippen LogP contribution in [0.15, 0.2) is 27.8 Å². The highest BCUT2D eigenvalue weighted by Gasteiger charge is 2.59. The van der Waals surface area contributed by atoms with Gasteiger partial charge in [0.05, 0.1) is 12.4 Å². The van der Waals surface area contributed by atoms with Gasteiger partial charge in [-0.25, -0.2) is 4.98 Å². The zero-order valence-corrected chi connectivity index (χ0v) is 18.7. The van der Waals surface area contributed by atoms with Gasteiger partial charge in [0, 0.05) is 38.1 Å². The first-order valence-corrected chi connectivity index (χ1v) is 9.79. The number of H-pyrrole nitrogens is 1. The fraction of sp³-hybridized carbons (Fsp3) is 0.632. The smallest absolute Gasteiger partial charge is 0.216 e. The number of hydrogen-bond donors (Lipinski definition) is 3. The van der Waals surface area contributed by atoms with Crippen LogP contribution in [0.4, 0.5) is 0 Å². The van der Waals surface area contributed by atoms with Gasteiger partial charge in [0.25, 0.3) is 0 Å². The normalized spacial score (nSPS) is 22.9. The van der Waals surface area contributed by atoms with Crippen molar-refractivity contribution in [1.29, 1.82) is 0 Å². The van der Waals surface area contributed by atoms with Crippen LogP contribution in [0.25, 0.3) is 11.6 Å². The van der Waals surface area contributed by atoms with E-state index in [9.17, 15) is 0 Å². The fourth-order valence-corrected chi connectivity index (χ4v) is 4.22. The van der Waals surface area contributed by atoms with E-state index in [1.165, 1.54) is 19.3 Å². The lowest BCUT2D eigenvalue weighted by atomic mass is 9.51. The highest BCUT2D eigenvalue weighted by Crippen LogP contribution is 2.57. The molecule has 0 amide bonds. The Labute approximate surface area is 182 Å². The van der Waals surface area contributed by atoms with E-state index in [1.54, 1.807) is 6.26 Å². The molecule has 1 spiro atoms. The van der Waals surface area contributed by atoms with Crippen LogP contribution in [0.1, 0.15) is 38.4 Å². The second-order valence-electron chi connectivity index (χ2n) is 7.30. The molecule has 9 heteroatoms. The Balaban J connectivity index is 0.00000225. The summed E-state index contributed by atoms with van der Waals surface area (Å²) in [6, 6.07) is 4.12. The molecule has 0 bridgehead atoms. The molecule has 0 saturated heterocycles. The van der Waals surface area contributed by atoms with Gasteiger partial charge < -0.3 is 19.8 Å². The number of rotatable bonds is 7. The van der Waals surface area contributed by atoms with E-state index in [0.29, 0.717) is 29.1 Å². The molecule has 8 nitrogen and oxygen atoms in total. The molecule has 2 aliphatic rings. The number of aliphatic imine (C=N–C) groups is 1. The van der Waals surface area contributed by atoms with Gasteiger partial charge in [-0.2, -0.15) is 5.10 Å². The monoisotopic (exact) mass is 500 g/mol. The fourth-order valence-electron chi connectivity index (χ4n) is 4.22. The van der Waals surface area contributed by atoms with Gasteiger partial charge in [-0.1, -0.05) is 6.42 Å². The van der Waals surface area contributed by atoms with Crippen molar-refractivity contribution in [3.8, 4) is 11.6 Å². The summed E-state index contributed by atoms with van der Waals surface area (Å²) in [6.07, 6.45) is 7.61. The average molecular weight is 500 g/mol. The molecule has 0 radical (unpaired) electrons. The number of aromatic nitrogens is 3. The quantitative estimate of drug-likeness (QED) is 0.307. The predicted octanol–water partition coefficient (Wildman–Crippen LogP) is 2.74. The third-order valence-corrected chi connectivity index (χ3v) is 5.90. The van der Waals surface area contributed by atoms with Gasteiger partial charge in [0.15, 0.2) is 11.7 Å². The van der Waals surface area contributed by atoms with Crippen LogP contribution in [-0.2, 0) is 11.2 Å². The molecule has 4 rings (SSSR count). The Morgan fingerprint density at radius 1 is 1.46 bits per heavy atom. The van der Waals surface area contributed by atoms with E-state index < -0.39 is 0 Å². The predicted molar refractivity (Wildman–Crippen MR) is 118 cm³/mol. The number of halogens is 1. The molecule has 28 heavy (non-hydrogen) atoms. The lowest BCUT2D eigenvalue weighted by Crippen LogP contribution is -2.68. The summed E-state index contributed by atoms with van der Waals surface area (Å²) >= 11 is 0. The van der Waals surface area contributed by atoms with E-state index in [-0.39, 0.29) is 24.0 Å². The van der Waals surface area contributed by atoms with Crippen molar-refractivity contribution < 1.29 is 9.15 Å². The van der Waals surface area contributed by atoms with Crippen LogP contribution < -0.4 is 10.6 Å². The van der Waals surface area contributed by atoms with Crippen LogP contribution in [0.5, 0.6) is 0 Å². The molecule has 2 saturated carbocycles. The summed E-state index contributed by atoms with van der Waals surface area (Å²) in [5, 5.41) is 14.1. The van der Waals surface area contributed by atoms with Gasteiger partial charge in [-0.3, -0.25) is 10.1 Å². The molecule has 2 aromatic rings. The summed E-state index contributed by atoms with van der Waals surface area (Å²) in [7, 11) is 1.81. The van der Waals surface area contributed by atoms with Gasteiger partial charge in [-0.15, -0.1) is 24.0 Å². The first-order valence-electron chi connectivity index (χ1n) is 9.79. The standard InChI is InChI=1S/C19H28N6O2.HI/c1-3-26-15-12-14(19(15)8-5-9-19)22-18(20-2)21-10-7-16-23-17(25-24-16)13-6-4-11-27-13;/h4,6,11,14-15H,3,5,7-10,12H2,1-2H3,(H2,20,21,22)(H,23,24,25);1H. The SMILES string of the molecule is CCOC1CC(NC(=NC)NCCc2nc(-c3ccco3)n[nH]2)C12CCC2.I. The van der Waals surface area contributed by atoms with Crippen LogP contribution in [-0.4, -0.2) is 53.5 Å². The number of aromatic amines is 1. The second-order valence-corrected chi connectivity index (χ2v) is 7.30. The van der Waals surface area contributed by atoms with Crippen molar-refractivity contribution in [2.75, 3.05) is 20.2 Å². The molecule has 0 aromatic carbocycles. The lowest BCUT2D eigenvalue weighted by molar-refractivity contribution is -0.168. The zero-order valence-electron chi connectivity index (χ0n) is 16.4. The molecule has 2 fully saturated rings. The van der Waals surface area contributed by atoms with E-state index in [2.05, 4.69) is 37.7 Å². The number of nitrogens with one attached hydrogen (secondary N) is 3. The molecule has 3 N–H and O–H groups in total. The summed E-state index contributed by atoms with van der Waals surface area (Å²) in [4.78, 5) is 8.84. The maximum atomic E-state index is 5.93. The van der Waals surface area contributed by atoms with Gasteiger partial charge >= 0.3 is 0 Å². The van der Waals surface area contributed by atoms with Gasteiger partial charge in [0.1, 0.15) is 5.82 Å². The van der Waals surface area contributed by atoms with Crippen molar-refractivity contribution in [3.63, 3.8) is 0 Å². The van der Waals surface area contributed by atoms with Gasteiger partial charge in [-0.05, 0) is 38.3 Å². The third kappa shape index (κ3) is 4.05. The van der Waals surface area contributed by atoms with Crippen molar-refractivity contribution in [3.05, 3.63) is 24.2 Å². The minimum absolute atomic E-state index is 0. The molecule has 154 valence electrons. The third-order valence-electron chi connectivity index (χ3n) is 5.90. The number of hydrogen-bond acceptors (Lipinski definition) is 5. The van der Waals surface area contributed by atoms with Crippen molar-refractivity contribution in [2.45, 2.75) is 51.2 Å². The minimum atomic E-state index is 0. The number of guanidine groups is 1. The van der Waals surface area contributed by atoms with E-state index in [1.807, 2.05) is 19.2 Å². The van der Waals surface area contributed by atoms with E-state index in [0.717, 1.165) is 37.8 Å². The molecule has 2 atom stereocenters. The number of ether oxygens (including phenoxy) is 1. The number of nitrogens with zero attached hydrogens (tertiary/aromatic N) is 3. The molecular weight excluding hydrogens is 471 g/mol. The molecule has 0 aliphatic heterocycles. The molecule has 2 aromatic heterocycles. The summed E-state index contributed by atoms with van der Waals surface area (Å²) in [5.74, 6) is 2.91. The molecule has 2 unspecified atom stereocenters. The van der Waals surface area contributed by atoms with E-state index >= 15 is 0 Å². The topological polar surface area (TPSA) is 100 Å². The minimum Gasteiger partial charge on any atom is -0.461 e. The van der Waals surface area contributed by atoms with Gasteiger partial charge in [0.2, 0.25) is 5.82 Å². The summed E-state index contributed by atoms with van der Waals surface area (Å²) in [6.45, 7) is 3.60. The Hall–Kier alpha value is -1.62. The average Bonchev–Trinajstić information content (AvgIpc) is 3.29. The highest BCUT2D eigenvalue weighted by molar-refractivity contribution is 14.0. The van der Waals surface area contributed by atoms with E-state index in [4.69, 9.17) is 9.15 Å². The van der Waals surface area contributed by atoms with Crippen LogP contribution in [0.3, 0.4) is 0 Å². The maximum Gasteiger partial charge on any atom is 0.216 e. The Morgan fingerprint density at radius 2 is 2.32 bits per heavy atom. The first-order chi connectivity index (χ1) is 13.2. The molecule has 2 heterocycles. The van der Waals surface area contributed by atoms with Crippen LogP contribution in [0, 0.1) is 5.41 Å².